The summed E-state index contributed by atoms with van der Waals surface area (Å²) >= 11 is 0. The van der Waals surface area contributed by atoms with Crippen LogP contribution < -0.4 is 20.8 Å². The van der Waals surface area contributed by atoms with Gasteiger partial charge in [-0.25, -0.2) is 17.8 Å². The van der Waals surface area contributed by atoms with Gasteiger partial charge >= 0.3 is 0 Å². The number of fused-ring (bicyclic) bond motifs is 1. The Balaban J connectivity index is 1.64. The van der Waals surface area contributed by atoms with Crippen LogP contribution in [0.4, 0.5) is 4.39 Å². The van der Waals surface area contributed by atoms with E-state index in [1.54, 1.807) is 24.3 Å². The maximum Gasteiger partial charge on any atom is 0.284 e. The third-order valence-corrected chi connectivity index (χ3v) is 6.64. The summed E-state index contributed by atoms with van der Waals surface area (Å²) in [7, 11) is -1.74. The van der Waals surface area contributed by atoms with Crippen molar-refractivity contribution in [1.82, 2.24) is 9.55 Å². The minimum absolute atomic E-state index is 0.0238. The van der Waals surface area contributed by atoms with Crippen molar-refractivity contribution in [3.05, 3.63) is 64.0 Å². The van der Waals surface area contributed by atoms with E-state index in [0.29, 0.717) is 11.3 Å². The SMILES string of the molecule is COc1cccc(Cn2c(C(N)=O)nc3ccc(F)c(OCC4COC(CS(C)(=O)=O)CO4)c3c2=O)c1. The molecule has 1 saturated heterocycles. The van der Waals surface area contributed by atoms with Crippen molar-refractivity contribution in [2.24, 2.45) is 5.73 Å². The van der Waals surface area contributed by atoms with Crippen LogP contribution in [0.25, 0.3) is 10.9 Å². The van der Waals surface area contributed by atoms with Gasteiger partial charge in [0.05, 0.1) is 44.2 Å². The predicted molar refractivity (Wildman–Crippen MR) is 131 cm³/mol. The summed E-state index contributed by atoms with van der Waals surface area (Å²) in [4.78, 5) is 29.9. The summed E-state index contributed by atoms with van der Waals surface area (Å²) in [5.41, 5.74) is 5.44. The summed E-state index contributed by atoms with van der Waals surface area (Å²) in [5.74, 6) is -2.02. The van der Waals surface area contributed by atoms with Crippen molar-refractivity contribution in [2.75, 3.05) is 38.9 Å². The number of carbonyl (C=O) groups excluding carboxylic acids is 1. The van der Waals surface area contributed by atoms with Gasteiger partial charge in [0.2, 0.25) is 5.82 Å². The van der Waals surface area contributed by atoms with E-state index in [4.69, 9.17) is 24.7 Å². The molecule has 1 aliphatic rings. The number of hydrogen-bond acceptors (Lipinski definition) is 9. The van der Waals surface area contributed by atoms with E-state index >= 15 is 0 Å². The number of hydrogen-bond donors (Lipinski definition) is 1. The zero-order chi connectivity index (χ0) is 26.7. The molecule has 0 aliphatic carbocycles. The quantitative estimate of drug-likeness (QED) is 0.422. The van der Waals surface area contributed by atoms with Crippen LogP contribution >= 0.6 is 0 Å². The second-order valence-electron chi connectivity index (χ2n) is 8.63. The zero-order valence-electron chi connectivity index (χ0n) is 20.2. The smallest absolute Gasteiger partial charge is 0.284 e. The number of halogens is 1. The zero-order valence-corrected chi connectivity index (χ0v) is 21.0. The highest BCUT2D eigenvalue weighted by Crippen LogP contribution is 2.27. The number of benzene rings is 2. The van der Waals surface area contributed by atoms with Crippen molar-refractivity contribution in [1.29, 1.82) is 0 Å². The molecule has 1 aromatic heterocycles. The number of aromatic nitrogens is 2. The number of methoxy groups -OCH3 is 1. The maximum atomic E-state index is 14.9. The average molecular weight is 536 g/mol. The number of primary amides is 1. The molecule has 2 unspecified atom stereocenters. The number of ether oxygens (including phenoxy) is 4. The topological polar surface area (TPSA) is 149 Å². The minimum atomic E-state index is -3.24. The monoisotopic (exact) mass is 535 g/mol. The molecule has 2 atom stereocenters. The van der Waals surface area contributed by atoms with E-state index in [0.717, 1.165) is 16.9 Å². The van der Waals surface area contributed by atoms with Gasteiger partial charge in [-0.05, 0) is 29.8 Å². The highest BCUT2D eigenvalue weighted by Gasteiger charge is 2.27. The van der Waals surface area contributed by atoms with Gasteiger partial charge in [0.15, 0.2) is 11.6 Å². The van der Waals surface area contributed by atoms with Gasteiger partial charge in [0.25, 0.3) is 11.5 Å². The summed E-state index contributed by atoms with van der Waals surface area (Å²) in [6.07, 6.45) is -0.128. The molecule has 11 nitrogen and oxygen atoms in total. The Labute approximate surface area is 211 Å². The predicted octanol–water partition coefficient (Wildman–Crippen LogP) is 0.899. The molecule has 2 aromatic carbocycles. The second-order valence-corrected chi connectivity index (χ2v) is 10.8. The Morgan fingerprint density at radius 3 is 2.59 bits per heavy atom. The van der Waals surface area contributed by atoms with Crippen molar-refractivity contribution in [3.8, 4) is 11.5 Å². The summed E-state index contributed by atoms with van der Waals surface area (Å²) in [6.45, 7) is -0.199. The second kappa shape index (κ2) is 10.8. The molecule has 37 heavy (non-hydrogen) atoms. The summed E-state index contributed by atoms with van der Waals surface area (Å²) in [6, 6.07) is 9.19. The van der Waals surface area contributed by atoms with Gasteiger partial charge in [0.1, 0.15) is 33.7 Å². The highest BCUT2D eigenvalue weighted by atomic mass is 32.2. The molecule has 13 heteroatoms. The molecule has 1 amide bonds. The van der Waals surface area contributed by atoms with Crippen LogP contribution in [0.5, 0.6) is 11.5 Å². The molecule has 0 radical (unpaired) electrons. The van der Waals surface area contributed by atoms with Crippen molar-refractivity contribution < 1.29 is 36.6 Å². The van der Waals surface area contributed by atoms with E-state index in [9.17, 15) is 22.4 Å². The van der Waals surface area contributed by atoms with Crippen LogP contribution in [-0.4, -0.2) is 75.0 Å². The molecule has 198 valence electrons. The highest BCUT2D eigenvalue weighted by molar-refractivity contribution is 7.90. The van der Waals surface area contributed by atoms with Crippen molar-refractivity contribution >= 4 is 26.6 Å². The molecule has 0 bridgehead atoms. The average Bonchev–Trinajstić information content (AvgIpc) is 2.85. The van der Waals surface area contributed by atoms with E-state index in [2.05, 4.69) is 4.98 Å². The fraction of sp³-hybridized carbons (Fsp3) is 0.375. The largest absolute Gasteiger partial charge is 0.497 e. The van der Waals surface area contributed by atoms with Crippen LogP contribution in [0.2, 0.25) is 0 Å². The van der Waals surface area contributed by atoms with E-state index in [1.807, 2.05) is 0 Å². The van der Waals surface area contributed by atoms with Crippen LogP contribution in [0.1, 0.15) is 16.2 Å². The first-order chi connectivity index (χ1) is 17.6. The Bertz CT molecular complexity index is 1480. The maximum absolute atomic E-state index is 14.9. The third-order valence-electron chi connectivity index (χ3n) is 5.66. The molecule has 2 N–H and O–H groups in total. The lowest BCUT2D eigenvalue weighted by atomic mass is 10.1. The van der Waals surface area contributed by atoms with Gasteiger partial charge in [0, 0.05) is 6.26 Å². The van der Waals surface area contributed by atoms with Crippen molar-refractivity contribution in [3.63, 3.8) is 0 Å². The number of nitrogens with two attached hydrogens (primary N) is 1. The molecule has 4 rings (SSSR count). The van der Waals surface area contributed by atoms with Crippen LogP contribution in [0, 0.1) is 5.82 Å². The van der Waals surface area contributed by atoms with E-state index in [-0.39, 0.29) is 54.6 Å². The molecule has 1 fully saturated rings. The fourth-order valence-electron chi connectivity index (χ4n) is 3.97. The van der Waals surface area contributed by atoms with Crippen LogP contribution in [0.3, 0.4) is 0 Å². The number of carbonyl (C=O) groups is 1. The Morgan fingerprint density at radius 2 is 1.95 bits per heavy atom. The van der Waals surface area contributed by atoms with Crippen molar-refractivity contribution in [2.45, 2.75) is 18.8 Å². The van der Waals surface area contributed by atoms with E-state index < -0.39 is 39.3 Å². The first-order valence-corrected chi connectivity index (χ1v) is 13.3. The molecule has 2 heterocycles. The lowest BCUT2D eigenvalue weighted by Gasteiger charge is -2.29. The third kappa shape index (κ3) is 6.24. The van der Waals surface area contributed by atoms with Gasteiger partial charge in [-0.1, -0.05) is 12.1 Å². The first-order valence-electron chi connectivity index (χ1n) is 11.2. The number of sulfone groups is 1. The normalized spacial score (nSPS) is 18.0. The molecular formula is C24H26FN3O8S. The lowest BCUT2D eigenvalue weighted by molar-refractivity contribution is -0.134. The molecule has 0 saturated carbocycles. The van der Waals surface area contributed by atoms with Gasteiger partial charge < -0.3 is 24.7 Å². The molecular weight excluding hydrogens is 509 g/mol. The van der Waals surface area contributed by atoms with Gasteiger partial charge in [-0.2, -0.15) is 0 Å². The summed E-state index contributed by atoms with van der Waals surface area (Å²) < 4.78 is 60.8. The lowest BCUT2D eigenvalue weighted by Crippen LogP contribution is -2.41. The van der Waals surface area contributed by atoms with Crippen LogP contribution in [0.15, 0.2) is 41.2 Å². The molecule has 3 aromatic rings. The summed E-state index contributed by atoms with van der Waals surface area (Å²) in [5, 5.41) is -0.167. The first kappa shape index (κ1) is 26.5. The molecule has 1 aliphatic heterocycles. The fourth-order valence-corrected chi connectivity index (χ4v) is 4.84. The number of amides is 1. The Kier molecular flexibility index (Phi) is 7.76. The van der Waals surface area contributed by atoms with Gasteiger partial charge in [-0.3, -0.25) is 14.2 Å². The van der Waals surface area contributed by atoms with Gasteiger partial charge in [-0.15, -0.1) is 0 Å². The standard InChI is InChI=1S/C24H26FN3O8S/c1-33-15-5-3-4-14(8-15)9-28-23(22(26)29)27-19-7-6-18(25)21(20(19)24(28)30)36-11-16-10-35-17(12-34-16)13-37(2,31)32/h3-8,16-17H,9-13H2,1-2H3,(H2,26,29). The number of rotatable bonds is 9. The Hall–Kier alpha value is -3.55. The van der Waals surface area contributed by atoms with E-state index in [1.165, 1.54) is 13.2 Å². The Morgan fingerprint density at radius 1 is 1.22 bits per heavy atom. The minimum Gasteiger partial charge on any atom is -0.497 e. The molecule has 0 spiro atoms. The number of nitrogens with zero attached hydrogens (tertiary/aromatic N) is 2. The van der Waals surface area contributed by atoms with Crippen LogP contribution in [-0.2, 0) is 25.9 Å².